The third-order valence-corrected chi connectivity index (χ3v) is 6.67. The van der Waals surface area contributed by atoms with Crippen LogP contribution in [0.2, 0.25) is 0 Å². The van der Waals surface area contributed by atoms with E-state index in [2.05, 4.69) is 20.1 Å². The summed E-state index contributed by atoms with van der Waals surface area (Å²) in [6, 6.07) is 14.5. The van der Waals surface area contributed by atoms with Crippen LogP contribution in [0.25, 0.3) is 0 Å². The largest absolute Gasteiger partial charge is 0.573 e. The van der Waals surface area contributed by atoms with Gasteiger partial charge in [-0.2, -0.15) is 0 Å². The zero-order chi connectivity index (χ0) is 33.4. The number of benzene rings is 3. The van der Waals surface area contributed by atoms with Crippen molar-refractivity contribution < 1.29 is 55.3 Å². The number of amides is 2. The van der Waals surface area contributed by atoms with E-state index in [-0.39, 0.29) is 29.8 Å². The minimum atomic E-state index is -4.93. The van der Waals surface area contributed by atoms with Crippen molar-refractivity contribution in [3.63, 3.8) is 0 Å². The zero-order valence-electron chi connectivity index (χ0n) is 24.1. The van der Waals surface area contributed by atoms with Gasteiger partial charge in [0.25, 0.3) is 5.91 Å². The van der Waals surface area contributed by atoms with Crippen LogP contribution in [0.15, 0.2) is 66.7 Å². The molecule has 8 nitrogen and oxygen atoms in total. The Balaban J connectivity index is 1.97. The molecular weight excluding hydrogens is 610 g/mol. The van der Waals surface area contributed by atoms with Gasteiger partial charge in [-0.25, -0.2) is 0 Å². The number of hydrogen-bond donors (Lipinski definition) is 3. The molecule has 0 saturated carbocycles. The van der Waals surface area contributed by atoms with E-state index in [4.69, 9.17) is 5.11 Å². The minimum absolute atomic E-state index is 0.0760. The first kappa shape index (κ1) is 34.7. The second-order valence-corrected chi connectivity index (χ2v) is 10.0. The number of anilines is 1. The van der Waals surface area contributed by atoms with Crippen molar-refractivity contribution in [2.45, 2.75) is 57.7 Å². The highest BCUT2D eigenvalue weighted by atomic mass is 19.4. The van der Waals surface area contributed by atoms with Crippen molar-refractivity contribution in [2.75, 3.05) is 11.9 Å². The second-order valence-electron chi connectivity index (χ2n) is 10.0. The molecular formula is C31H30F6N2O6. The molecule has 2 amide bonds. The number of carboxylic acids is 1. The summed E-state index contributed by atoms with van der Waals surface area (Å²) in [5.41, 5.74) is 1.67. The van der Waals surface area contributed by atoms with E-state index < -0.39 is 53.8 Å². The van der Waals surface area contributed by atoms with E-state index in [1.807, 2.05) is 6.92 Å². The SMILES string of the molecule is CCCC(c1ccc(C(=O)NCCC(=O)O)cc1)[C@H](C(=O)Nc1ccc(OC(F)(F)F)cc1C)c1ccc(OC(F)(F)F)cc1. The molecule has 0 aromatic heterocycles. The Kier molecular flexibility index (Phi) is 11.4. The normalized spacial score (nSPS) is 13.0. The fraction of sp³-hybridized carbons (Fsp3) is 0.323. The average Bonchev–Trinajstić information content (AvgIpc) is 2.93. The van der Waals surface area contributed by atoms with Gasteiger partial charge in [-0.3, -0.25) is 14.4 Å². The fourth-order valence-corrected chi connectivity index (χ4v) is 4.73. The van der Waals surface area contributed by atoms with E-state index in [9.17, 15) is 40.7 Å². The molecule has 14 heteroatoms. The minimum Gasteiger partial charge on any atom is -0.481 e. The number of rotatable bonds is 13. The van der Waals surface area contributed by atoms with E-state index in [0.717, 1.165) is 24.3 Å². The topological polar surface area (TPSA) is 114 Å². The first-order chi connectivity index (χ1) is 21.1. The van der Waals surface area contributed by atoms with Crippen molar-refractivity contribution in [2.24, 2.45) is 0 Å². The molecule has 1 unspecified atom stereocenters. The summed E-state index contributed by atoms with van der Waals surface area (Å²) >= 11 is 0. The van der Waals surface area contributed by atoms with E-state index in [1.54, 1.807) is 12.1 Å². The van der Waals surface area contributed by atoms with Gasteiger partial charge in [-0.15, -0.1) is 26.3 Å². The molecule has 45 heavy (non-hydrogen) atoms. The number of hydrogen-bond acceptors (Lipinski definition) is 5. The number of aliphatic carboxylic acids is 1. The van der Waals surface area contributed by atoms with Crippen molar-refractivity contribution >= 4 is 23.5 Å². The number of halogens is 6. The molecule has 3 rings (SSSR count). The number of ether oxygens (including phenoxy) is 2. The standard InChI is InChI=1S/C31H30F6N2O6/c1-3-4-24(19-5-7-21(8-6-19)28(42)38-16-15-26(40)41)27(20-9-11-22(12-10-20)44-30(32,33)34)29(43)39-25-14-13-23(17-18(25)2)45-31(35,36)37/h5-14,17,24,27H,3-4,15-16H2,1-2H3,(H,38,42)(H,39,43)(H,40,41)/t24?,27-/m1/s1. The number of nitrogens with one attached hydrogen (secondary N) is 2. The van der Waals surface area contributed by atoms with Crippen molar-refractivity contribution in [3.05, 3.63) is 89.0 Å². The molecule has 0 heterocycles. The van der Waals surface area contributed by atoms with Gasteiger partial charge in [-0.05, 0) is 78.4 Å². The summed E-state index contributed by atoms with van der Waals surface area (Å²) in [5.74, 6) is -4.68. The van der Waals surface area contributed by atoms with E-state index in [0.29, 0.717) is 24.0 Å². The predicted octanol–water partition coefficient (Wildman–Crippen LogP) is 7.30. The van der Waals surface area contributed by atoms with E-state index in [1.165, 1.54) is 37.3 Å². The quantitative estimate of drug-likeness (QED) is 0.169. The molecule has 0 saturated heterocycles. The van der Waals surface area contributed by atoms with Gasteiger partial charge < -0.3 is 25.2 Å². The lowest BCUT2D eigenvalue weighted by Crippen LogP contribution is -2.28. The Hall–Kier alpha value is -4.75. The van der Waals surface area contributed by atoms with Gasteiger partial charge >= 0.3 is 18.7 Å². The summed E-state index contributed by atoms with van der Waals surface area (Å²) in [5, 5.41) is 14.0. The van der Waals surface area contributed by atoms with Crippen molar-refractivity contribution in [1.82, 2.24) is 5.32 Å². The molecule has 3 aromatic rings. The van der Waals surface area contributed by atoms with E-state index >= 15 is 0 Å². The molecule has 0 radical (unpaired) electrons. The second kappa shape index (κ2) is 14.8. The number of alkyl halides is 6. The first-order valence-corrected chi connectivity index (χ1v) is 13.7. The third-order valence-electron chi connectivity index (χ3n) is 6.67. The number of carboxylic acid groups (broad SMARTS) is 1. The first-order valence-electron chi connectivity index (χ1n) is 13.7. The molecule has 0 spiro atoms. The molecule has 0 aliphatic carbocycles. The lowest BCUT2D eigenvalue weighted by molar-refractivity contribution is -0.275. The molecule has 0 fully saturated rings. The number of carbonyl (C=O) groups is 3. The lowest BCUT2D eigenvalue weighted by Gasteiger charge is -2.28. The number of carbonyl (C=O) groups excluding carboxylic acids is 2. The molecule has 0 bridgehead atoms. The number of aryl methyl sites for hydroxylation is 1. The Bertz CT molecular complexity index is 1470. The lowest BCUT2D eigenvalue weighted by atomic mass is 9.78. The molecule has 3 N–H and O–H groups in total. The van der Waals surface area contributed by atoms with Gasteiger partial charge in [0.1, 0.15) is 11.5 Å². The van der Waals surface area contributed by atoms with Crippen LogP contribution in [0, 0.1) is 6.92 Å². The summed E-state index contributed by atoms with van der Waals surface area (Å²) in [7, 11) is 0. The summed E-state index contributed by atoms with van der Waals surface area (Å²) in [6.07, 6.45) is -9.08. The highest BCUT2D eigenvalue weighted by molar-refractivity contribution is 5.97. The smallest absolute Gasteiger partial charge is 0.481 e. The van der Waals surface area contributed by atoms with Crippen LogP contribution in [0.1, 0.15) is 65.1 Å². The third kappa shape index (κ3) is 10.7. The monoisotopic (exact) mass is 640 g/mol. The van der Waals surface area contributed by atoms with Gasteiger partial charge in [0, 0.05) is 17.8 Å². The van der Waals surface area contributed by atoms with Crippen LogP contribution in [0.5, 0.6) is 11.5 Å². The maximum atomic E-state index is 13.9. The van der Waals surface area contributed by atoms with Crippen LogP contribution < -0.4 is 20.1 Å². The molecule has 3 aromatic carbocycles. The highest BCUT2D eigenvalue weighted by Crippen LogP contribution is 2.39. The van der Waals surface area contributed by atoms with Crippen LogP contribution in [0.4, 0.5) is 32.0 Å². The van der Waals surface area contributed by atoms with Gasteiger partial charge in [0.2, 0.25) is 5.91 Å². The molecule has 242 valence electrons. The predicted molar refractivity (Wildman–Crippen MR) is 151 cm³/mol. The maximum Gasteiger partial charge on any atom is 0.573 e. The molecule has 2 atom stereocenters. The van der Waals surface area contributed by atoms with Gasteiger partial charge in [0.05, 0.1) is 12.3 Å². The van der Waals surface area contributed by atoms with Crippen LogP contribution in [-0.4, -0.2) is 42.2 Å². The molecule has 0 aliphatic heterocycles. The summed E-state index contributed by atoms with van der Waals surface area (Å²) in [4.78, 5) is 37.0. The Morgan fingerprint density at radius 1 is 0.822 bits per heavy atom. The average molecular weight is 641 g/mol. The van der Waals surface area contributed by atoms with Crippen molar-refractivity contribution in [1.29, 1.82) is 0 Å². The van der Waals surface area contributed by atoms with Crippen molar-refractivity contribution in [3.8, 4) is 11.5 Å². The van der Waals surface area contributed by atoms with Crippen LogP contribution in [0.3, 0.4) is 0 Å². The summed E-state index contributed by atoms with van der Waals surface area (Å²) < 4.78 is 84.2. The van der Waals surface area contributed by atoms with Gasteiger partial charge in [-0.1, -0.05) is 37.6 Å². The fourth-order valence-electron chi connectivity index (χ4n) is 4.73. The van der Waals surface area contributed by atoms with Crippen LogP contribution in [-0.2, 0) is 9.59 Å². The van der Waals surface area contributed by atoms with Crippen LogP contribution >= 0.6 is 0 Å². The maximum absolute atomic E-state index is 13.9. The zero-order valence-corrected chi connectivity index (χ0v) is 24.1. The highest BCUT2D eigenvalue weighted by Gasteiger charge is 2.34. The molecule has 0 aliphatic rings. The summed E-state index contributed by atoms with van der Waals surface area (Å²) in [6.45, 7) is 3.27. The Morgan fingerprint density at radius 3 is 1.91 bits per heavy atom. The Labute approximate surface area is 254 Å². The van der Waals surface area contributed by atoms with Gasteiger partial charge in [0.15, 0.2) is 0 Å². The Morgan fingerprint density at radius 2 is 1.38 bits per heavy atom.